The van der Waals surface area contributed by atoms with Crippen LogP contribution in [0.25, 0.3) is 0 Å². The molecular formula is C15H31BNO4P. The number of rotatable bonds is 8. The van der Waals surface area contributed by atoms with Gasteiger partial charge in [0, 0.05) is 0 Å². The van der Waals surface area contributed by atoms with Gasteiger partial charge in [0.15, 0.2) is 0 Å². The molecule has 1 heterocycles. The van der Waals surface area contributed by atoms with Gasteiger partial charge in [0.1, 0.15) is 0 Å². The van der Waals surface area contributed by atoms with Crippen LogP contribution in [0.1, 0.15) is 40.0 Å². The Hall–Kier alpha value is 0.135. The van der Waals surface area contributed by atoms with Crippen LogP contribution in [0.2, 0.25) is 6.82 Å². The molecule has 1 N–H and O–H groups in total. The van der Waals surface area contributed by atoms with Crippen LogP contribution in [-0.4, -0.2) is 48.8 Å². The Bertz CT molecular complexity index is 385. The topological polar surface area (TPSA) is 59.0 Å². The normalized spacial score (nSPS) is 30.5. The maximum absolute atomic E-state index is 12.9. The molecule has 22 heavy (non-hydrogen) atoms. The van der Waals surface area contributed by atoms with E-state index in [4.69, 9.17) is 9.05 Å². The Kier molecular flexibility index (Phi) is 6.55. The summed E-state index contributed by atoms with van der Waals surface area (Å²) in [5, 5.41) is 9.82. The molecule has 3 unspecified atom stereocenters. The first kappa shape index (κ1) is 18.5. The molecule has 2 aliphatic rings. The maximum atomic E-state index is 12.9. The van der Waals surface area contributed by atoms with Crippen LogP contribution in [-0.2, 0) is 13.6 Å². The Balaban J connectivity index is 2.00. The van der Waals surface area contributed by atoms with Crippen molar-refractivity contribution in [3.8, 4) is 0 Å². The van der Waals surface area contributed by atoms with E-state index < -0.39 is 7.60 Å². The summed E-state index contributed by atoms with van der Waals surface area (Å²) in [5.41, 5.74) is -0.0569. The van der Waals surface area contributed by atoms with Crippen LogP contribution < -0.4 is 0 Å². The molecule has 1 saturated heterocycles. The lowest BCUT2D eigenvalue weighted by Crippen LogP contribution is -2.48. The van der Waals surface area contributed by atoms with Crippen LogP contribution in [0.15, 0.2) is 0 Å². The maximum Gasteiger partial charge on any atom is 0.376 e. The van der Waals surface area contributed by atoms with Gasteiger partial charge in [-0.1, -0.05) is 6.92 Å². The fourth-order valence-corrected chi connectivity index (χ4v) is 6.04. The summed E-state index contributed by atoms with van der Waals surface area (Å²) < 4.78 is 23.9. The monoisotopic (exact) mass is 331 g/mol. The quantitative estimate of drug-likeness (QED) is 0.547. The second-order valence-corrected chi connectivity index (χ2v) is 9.28. The second kappa shape index (κ2) is 7.80. The first-order chi connectivity index (χ1) is 10.4. The third-order valence-corrected chi connectivity index (χ3v) is 7.88. The fourth-order valence-electron chi connectivity index (χ4n) is 4.24. The zero-order valence-corrected chi connectivity index (χ0v) is 15.3. The zero-order chi connectivity index (χ0) is 16.3. The van der Waals surface area contributed by atoms with Crippen molar-refractivity contribution in [3.63, 3.8) is 0 Å². The first-order valence-electron chi connectivity index (χ1n) is 8.72. The van der Waals surface area contributed by atoms with Crippen molar-refractivity contribution in [3.05, 3.63) is 0 Å². The Morgan fingerprint density at radius 2 is 1.73 bits per heavy atom. The van der Waals surface area contributed by atoms with E-state index in [2.05, 4.69) is 4.81 Å². The van der Waals surface area contributed by atoms with Gasteiger partial charge in [0.25, 0.3) is 0 Å². The van der Waals surface area contributed by atoms with Crippen molar-refractivity contribution in [2.75, 3.05) is 26.3 Å². The average molecular weight is 331 g/mol. The van der Waals surface area contributed by atoms with Gasteiger partial charge in [0.05, 0.1) is 18.9 Å². The summed E-state index contributed by atoms with van der Waals surface area (Å²) >= 11 is 0. The summed E-state index contributed by atoms with van der Waals surface area (Å²) in [6, 6.07) is 0. The van der Waals surface area contributed by atoms with Gasteiger partial charge in [-0.2, -0.15) is 0 Å². The van der Waals surface area contributed by atoms with Gasteiger partial charge >= 0.3 is 14.6 Å². The van der Waals surface area contributed by atoms with Gasteiger partial charge in [-0.05, 0) is 70.8 Å². The summed E-state index contributed by atoms with van der Waals surface area (Å²) in [5.74, 6) is 1.79. The van der Waals surface area contributed by atoms with E-state index in [0.29, 0.717) is 31.0 Å². The lowest BCUT2D eigenvalue weighted by molar-refractivity contribution is 0.144. The number of nitrogens with zero attached hydrogens (tertiary/aromatic N) is 1. The first-order valence-corrected chi connectivity index (χ1v) is 10.3. The summed E-state index contributed by atoms with van der Waals surface area (Å²) in [6.45, 7) is 10.3. The number of piperidine rings is 1. The minimum absolute atomic E-state index is 0.0569. The molecule has 0 spiro atoms. The van der Waals surface area contributed by atoms with E-state index in [0.717, 1.165) is 19.5 Å². The lowest BCUT2D eigenvalue weighted by Gasteiger charge is -2.40. The highest BCUT2D eigenvalue weighted by molar-refractivity contribution is 7.54. The zero-order valence-electron chi connectivity index (χ0n) is 14.4. The molecule has 1 aliphatic heterocycles. The van der Waals surface area contributed by atoms with Gasteiger partial charge in [-0.25, -0.2) is 0 Å². The predicted octanol–water partition coefficient (Wildman–Crippen LogP) is 3.10. The van der Waals surface area contributed by atoms with Crippen molar-refractivity contribution in [1.82, 2.24) is 4.81 Å². The highest BCUT2D eigenvalue weighted by atomic mass is 31.2. The molecule has 5 nitrogen and oxygen atoms in total. The van der Waals surface area contributed by atoms with Crippen LogP contribution in [0.5, 0.6) is 0 Å². The average Bonchev–Trinajstić information content (AvgIpc) is 2.70. The molecule has 2 bridgehead atoms. The Morgan fingerprint density at radius 3 is 2.14 bits per heavy atom. The minimum atomic E-state index is -3.00. The minimum Gasteiger partial charge on any atom is -0.437 e. The van der Waals surface area contributed by atoms with Gasteiger partial charge in [0.2, 0.25) is 0 Å². The van der Waals surface area contributed by atoms with Crippen LogP contribution >= 0.6 is 7.60 Å². The molecular weight excluding hydrogens is 300 g/mol. The fraction of sp³-hybridized carbons (Fsp3) is 1.00. The van der Waals surface area contributed by atoms with Crippen LogP contribution in [0.4, 0.5) is 0 Å². The third-order valence-electron chi connectivity index (χ3n) is 5.36. The van der Waals surface area contributed by atoms with Crippen molar-refractivity contribution in [2.45, 2.75) is 52.5 Å². The molecule has 0 aromatic carbocycles. The van der Waals surface area contributed by atoms with Crippen LogP contribution in [0.3, 0.4) is 0 Å². The third kappa shape index (κ3) is 3.96. The van der Waals surface area contributed by atoms with E-state index >= 15 is 0 Å². The van der Waals surface area contributed by atoms with Crippen LogP contribution in [0, 0.1) is 17.8 Å². The van der Waals surface area contributed by atoms with E-state index in [1.807, 2.05) is 27.6 Å². The molecule has 128 valence electrons. The molecule has 1 saturated carbocycles. The summed E-state index contributed by atoms with van der Waals surface area (Å²) in [7, 11) is -3.36. The summed E-state index contributed by atoms with van der Waals surface area (Å²) in [6.07, 6.45) is 3.35. The highest BCUT2D eigenvalue weighted by Crippen LogP contribution is 2.57. The molecule has 2 fully saturated rings. The lowest BCUT2D eigenvalue weighted by atomic mass is 9.75. The SMILES string of the molecule is CCOP(=O)(OCC)C(C)CC1C2CCC1CN(B(C)O)C2. The smallest absolute Gasteiger partial charge is 0.376 e. The Labute approximate surface area is 135 Å². The second-order valence-electron chi connectivity index (χ2n) is 6.81. The predicted molar refractivity (Wildman–Crippen MR) is 90.1 cm³/mol. The molecule has 0 amide bonds. The van der Waals surface area contributed by atoms with Gasteiger partial charge in [-0.3, -0.25) is 4.57 Å². The molecule has 0 radical (unpaired) electrons. The molecule has 2 rings (SSSR count). The van der Waals surface area contributed by atoms with Crippen molar-refractivity contribution in [2.24, 2.45) is 17.8 Å². The van der Waals surface area contributed by atoms with Gasteiger partial charge in [-0.15, -0.1) is 0 Å². The summed E-state index contributed by atoms with van der Waals surface area (Å²) in [4.78, 5) is 2.17. The van der Waals surface area contributed by atoms with Crippen molar-refractivity contribution < 1.29 is 18.6 Å². The number of fused-ring (bicyclic) bond motifs is 2. The van der Waals surface area contributed by atoms with E-state index in [-0.39, 0.29) is 12.7 Å². The molecule has 3 atom stereocenters. The van der Waals surface area contributed by atoms with Gasteiger partial charge < -0.3 is 18.9 Å². The molecule has 0 aromatic rings. The number of hydrogen-bond donors (Lipinski definition) is 1. The molecule has 7 heteroatoms. The number of hydrogen-bond acceptors (Lipinski definition) is 5. The van der Waals surface area contributed by atoms with Crippen molar-refractivity contribution in [1.29, 1.82) is 0 Å². The Morgan fingerprint density at radius 1 is 1.23 bits per heavy atom. The van der Waals surface area contributed by atoms with E-state index in [1.54, 1.807) is 0 Å². The highest BCUT2D eigenvalue weighted by Gasteiger charge is 2.45. The standard InChI is InChI=1S/C15H31BNO4P/c1-5-20-22(19,21-6-2)12(3)9-15-13-7-8-14(15)11-17(10-13)16(4)18/h12-15,18H,5-11H2,1-4H3. The van der Waals surface area contributed by atoms with E-state index in [9.17, 15) is 9.59 Å². The van der Waals surface area contributed by atoms with Crippen molar-refractivity contribution >= 4 is 14.6 Å². The molecule has 1 aliphatic carbocycles. The largest absolute Gasteiger partial charge is 0.437 e. The molecule has 0 aromatic heterocycles. The van der Waals surface area contributed by atoms with E-state index in [1.165, 1.54) is 12.8 Å².